The van der Waals surface area contributed by atoms with Gasteiger partial charge in [-0.2, -0.15) is 0 Å². The Kier molecular flexibility index (Phi) is 6.51. The summed E-state index contributed by atoms with van der Waals surface area (Å²) < 4.78 is 5.23. The second-order valence-corrected chi connectivity index (χ2v) is 7.36. The molecule has 0 saturated carbocycles. The lowest BCUT2D eigenvalue weighted by Gasteiger charge is -2.39. The van der Waals surface area contributed by atoms with Gasteiger partial charge in [-0.05, 0) is 68.7 Å². The third kappa shape index (κ3) is 5.10. The highest BCUT2D eigenvalue weighted by atomic mass is 16.5. The molecule has 0 unspecified atom stereocenters. The predicted octanol–water partition coefficient (Wildman–Crippen LogP) is 4.04. The molecule has 0 radical (unpaired) electrons. The van der Waals surface area contributed by atoms with Crippen molar-refractivity contribution in [2.75, 3.05) is 38.2 Å². The van der Waals surface area contributed by atoms with Crippen LogP contribution in [0.1, 0.15) is 36.2 Å². The zero-order valence-corrected chi connectivity index (χ0v) is 16.6. The molecule has 1 fully saturated rings. The van der Waals surface area contributed by atoms with Crippen LogP contribution >= 0.6 is 0 Å². The first-order valence-electron chi connectivity index (χ1n) is 9.80. The summed E-state index contributed by atoms with van der Waals surface area (Å²) >= 11 is 0. The molecule has 27 heavy (non-hydrogen) atoms. The van der Waals surface area contributed by atoms with Crippen molar-refractivity contribution < 1.29 is 9.53 Å². The van der Waals surface area contributed by atoms with Crippen LogP contribution < -0.4 is 9.64 Å². The summed E-state index contributed by atoms with van der Waals surface area (Å²) in [5, 5.41) is 0. The van der Waals surface area contributed by atoms with E-state index in [2.05, 4.69) is 41.0 Å². The van der Waals surface area contributed by atoms with Crippen molar-refractivity contribution in [1.82, 2.24) is 4.90 Å². The van der Waals surface area contributed by atoms with Crippen molar-refractivity contribution in [3.63, 3.8) is 0 Å². The molecular weight excluding hydrogens is 336 g/mol. The first kappa shape index (κ1) is 19.4. The van der Waals surface area contributed by atoms with Gasteiger partial charge in [-0.1, -0.05) is 12.1 Å². The van der Waals surface area contributed by atoms with E-state index in [-0.39, 0.29) is 5.78 Å². The minimum Gasteiger partial charge on any atom is -0.497 e. The van der Waals surface area contributed by atoms with E-state index in [0.717, 1.165) is 43.9 Å². The third-order valence-electron chi connectivity index (χ3n) is 5.59. The lowest BCUT2D eigenvalue weighted by atomic mass is 10.0. The first-order chi connectivity index (χ1) is 13.1. The Labute approximate surface area is 162 Å². The fraction of sp³-hybridized carbons (Fsp3) is 0.435. The average molecular weight is 367 g/mol. The number of piperazine rings is 1. The number of ketones is 1. The largest absolute Gasteiger partial charge is 0.497 e. The van der Waals surface area contributed by atoms with Crippen LogP contribution in [0.25, 0.3) is 0 Å². The minimum atomic E-state index is 0.122. The van der Waals surface area contributed by atoms with Crippen molar-refractivity contribution in [2.45, 2.75) is 32.7 Å². The van der Waals surface area contributed by atoms with Crippen molar-refractivity contribution in [2.24, 2.45) is 0 Å². The molecule has 2 aromatic carbocycles. The Bertz CT molecular complexity index is 732. The molecule has 2 aromatic rings. The predicted molar refractivity (Wildman–Crippen MR) is 111 cm³/mol. The van der Waals surface area contributed by atoms with Gasteiger partial charge in [-0.3, -0.25) is 9.69 Å². The summed E-state index contributed by atoms with van der Waals surface area (Å²) in [6, 6.07) is 17.0. The van der Waals surface area contributed by atoms with Crippen molar-refractivity contribution >= 4 is 11.5 Å². The van der Waals surface area contributed by atoms with E-state index >= 15 is 0 Å². The van der Waals surface area contributed by atoms with Gasteiger partial charge in [-0.15, -0.1) is 0 Å². The Morgan fingerprint density at radius 1 is 1.00 bits per heavy atom. The monoisotopic (exact) mass is 366 g/mol. The molecule has 0 N–H and O–H groups in total. The first-order valence-corrected chi connectivity index (χ1v) is 9.80. The van der Waals surface area contributed by atoms with Gasteiger partial charge in [0.25, 0.3) is 0 Å². The average Bonchev–Trinajstić information content (AvgIpc) is 2.72. The molecule has 1 aliphatic rings. The number of ether oxygens (including phenoxy) is 1. The summed E-state index contributed by atoms with van der Waals surface area (Å²) in [5.41, 5.74) is 3.36. The summed E-state index contributed by atoms with van der Waals surface area (Å²) in [5.74, 6) is 1.04. The number of Topliss-reactive ketones (excluding diaryl/α,β-unsaturated/α-hetero) is 1. The SMILES string of the molecule is COc1ccc(CC[C@@H](C)N2CCN(c3ccc(C(C)=O)cc3)CC2)cc1. The molecule has 0 spiro atoms. The number of hydrogen-bond acceptors (Lipinski definition) is 4. The number of carbonyl (C=O) groups is 1. The number of rotatable bonds is 7. The molecule has 0 amide bonds. The van der Waals surface area contributed by atoms with Crippen LogP contribution in [0.15, 0.2) is 48.5 Å². The van der Waals surface area contributed by atoms with E-state index in [1.165, 1.54) is 17.7 Å². The minimum absolute atomic E-state index is 0.122. The Morgan fingerprint density at radius 3 is 2.19 bits per heavy atom. The Hall–Kier alpha value is -2.33. The van der Waals surface area contributed by atoms with E-state index in [4.69, 9.17) is 4.74 Å². The number of anilines is 1. The van der Waals surface area contributed by atoms with E-state index in [9.17, 15) is 4.79 Å². The number of hydrogen-bond donors (Lipinski definition) is 0. The van der Waals surface area contributed by atoms with Crippen LogP contribution in [0.4, 0.5) is 5.69 Å². The second-order valence-electron chi connectivity index (χ2n) is 7.36. The summed E-state index contributed by atoms with van der Waals surface area (Å²) in [6.07, 6.45) is 2.26. The molecule has 3 rings (SSSR count). The number of methoxy groups -OCH3 is 1. The number of carbonyl (C=O) groups excluding carboxylic acids is 1. The maximum Gasteiger partial charge on any atom is 0.159 e. The lowest BCUT2D eigenvalue weighted by molar-refractivity contribution is 0.101. The van der Waals surface area contributed by atoms with Gasteiger partial charge in [0.05, 0.1) is 7.11 Å². The summed E-state index contributed by atoms with van der Waals surface area (Å²) in [6.45, 7) is 8.18. The molecule has 1 aliphatic heterocycles. The number of nitrogens with zero attached hydrogens (tertiary/aromatic N) is 2. The number of aryl methyl sites for hydroxylation is 1. The van der Waals surface area contributed by atoms with E-state index < -0.39 is 0 Å². The molecule has 0 aliphatic carbocycles. The smallest absolute Gasteiger partial charge is 0.159 e. The molecular formula is C23H30N2O2. The van der Waals surface area contributed by atoms with Gasteiger partial charge in [0, 0.05) is 43.5 Å². The van der Waals surface area contributed by atoms with Crippen LogP contribution in [-0.4, -0.2) is 50.0 Å². The Morgan fingerprint density at radius 2 is 1.63 bits per heavy atom. The maximum atomic E-state index is 11.4. The van der Waals surface area contributed by atoms with Gasteiger partial charge in [0.2, 0.25) is 0 Å². The van der Waals surface area contributed by atoms with Crippen LogP contribution in [0, 0.1) is 0 Å². The number of benzene rings is 2. The summed E-state index contributed by atoms with van der Waals surface area (Å²) in [4.78, 5) is 16.4. The Balaban J connectivity index is 1.47. The van der Waals surface area contributed by atoms with Crippen molar-refractivity contribution in [3.8, 4) is 5.75 Å². The molecule has 1 saturated heterocycles. The van der Waals surface area contributed by atoms with Crippen molar-refractivity contribution in [3.05, 3.63) is 59.7 Å². The van der Waals surface area contributed by atoms with Crippen LogP contribution in [0.3, 0.4) is 0 Å². The molecule has 0 aromatic heterocycles. The molecule has 144 valence electrons. The van der Waals surface area contributed by atoms with Gasteiger partial charge >= 0.3 is 0 Å². The van der Waals surface area contributed by atoms with Crippen molar-refractivity contribution in [1.29, 1.82) is 0 Å². The molecule has 4 heteroatoms. The molecule has 0 bridgehead atoms. The summed E-state index contributed by atoms with van der Waals surface area (Å²) in [7, 11) is 1.70. The van der Waals surface area contributed by atoms with E-state index in [1.54, 1.807) is 14.0 Å². The van der Waals surface area contributed by atoms with Crippen LogP contribution in [0.2, 0.25) is 0 Å². The standard InChI is InChI=1S/C23H30N2O2/c1-18(4-5-20-6-12-23(27-3)13-7-20)24-14-16-25(17-15-24)22-10-8-21(9-11-22)19(2)26/h6-13,18H,4-5,14-17H2,1-3H3/t18-/m1/s1. The van der Waals surface area contributed by atoms with Crippen LogP contribution in [0.5, 0.6) is 5.75 Å². The maximum absolute atomic E-state index is 11.4. The normalized spacial score (nSPS) is 16.2. The van der Waals surface area contributed by atoms with Gasteiger partial charge in [0.1, 0.15) is 5.75 Å². The van der Waals surface area contributed by atoms with E-state index in [1.807, 2.05) is 24.3 Å². The van der Waals surface area contributed by atoms with Gasteiger partial charge in [-0.25, -0.2) is 0 Å². The quantitative estimate of drug-likeness (QED) is 0.693. The topological polar surface area (TPSA) is 32.8 Å². The third-order valence-corrected chi connectivity index (χ3v) is 5.59. The fourth-order valence-electron chi connectivity index (χ4n) is 3.68. The fourth-order valence-corrected chi connectivity index (χ4v) is 3.68. The second kappa shape index (κ2) is 9.05. The highest BCUT2D eigenvalue weighted by molar-refractivity contribution is 5.94. The molecule has 1 atom stereocenters. The highest BCUT2D eigenvalue weighted by Crippen LogP contribution is 2.20. The van der Waals surface area contributed by atoms with Crippen LogP contribution in [-0.2, 0) is 6.42 Å². The lowest BCUT2D eigenvalue weighted by Crippen LogP contribution is -2.49. The molecule has 1 heterocycles. The van der Waals surface area contributed by atoms with E-state index in [0.29, 0.717) is 6.04 Å². The highest BCUT2D eigenvalue weighted by Gasteiger charge is 2.21. The zero-order chi connectivity index (χ0) is 19.2. The molecule has 4 nitrogen and oxygen atoms in total. The zero-order valence-electron chi connectivity index (χ0n) is 16.6. The van der Waals surface area contributed by atoms with Gasteiger partial charge < -0.3 is 9.64 Å². The van der Waals surface area contributed by atoms with Gasteiger partial charge in [0.15, 0.2) is 5.78 Å².